The SMILES string of the molecule is O=Cc1cc2cc(I)cnc2n1S(=O)(=O)c1ccccc1. The minimum atomic E-state index is -3.86. The van der Waals surface area contributed by atoms with Crippen molar-refractivity contribution in [3.63, 3.8) is 0 Å². The molecule has 0 unspecified atom stereocenters. The number of hydrogen-bond donors (Lipinski definition) is 0. The van der Waals surface area contributed by atoms with Gasteiger partial charge in [0.05, 0.1) is 10.6 Å². The number of aldehydes is 1. The zero-order valence-corrected chi connectivity index (χ0v) is 13.6. The van der Waals surface area contributed by atoms with Crippen molar-refractivity contribution >= 4 is 49.9 Å². The predicted molar refractivity (Wildman–Crippen MR) is 86.9 cm³/mol. The summed E-state index contributed by atoms with van der Waals surface area (Å²) >= 11 is 2.08. The average molecular weight is 412 g/mol. The van der Waals surface area contributed by atoms with Gasteiger partial charge in [-0.05, 0) is 46.9 Å². The number of nitrogens with zero attached hydrogens (tertiary/aromatic N) is 2. The highest BCUT2D eigenvalue weighted by Gasteiger charge is 2.23. The lowest BCUT2D eigenvalue weighted by molar-refractivity contribution is 0.111. The third kappa shape index (κ3) is 2.36. The molecule has 0 radical (unpaired) electrons. The van der Waals surface area contributed by atoms with Crippen molar-refractivity contribution in [2.75, 3.05) is 0 Å². The van der Waals surface area contributed by atoms with Crippen LogP contribution in [0.25, 0.3) is 11.0 Å². The quantitative estimate of drug-likeness (QED) is 0.490. The van der Waals surface area contributed by atoms with E-state index in [9.17, 15) is 13.2 Å². The second kappa shape index (κ2) is 5.23. The Morgan fingerprint density at radius 1 is 1.14 bits per heavy atom. The van der Waals surface area contributed by atoms with E-state index in [1.807, 2.05) is 0 Å². The second-order valence-corrected chi connectivity index (χ2v) is 7.37. The Balaban J connectivity index is 2.36. The van der Waals surface area contributed by atoms with Gasteiger partial charge in [0.25, 0.3) is 10.0 Å². The van der Waals surface area contributed by atoms with E-state index in [2.05, 4.69) is 27.6 Å². The number of pyridine rings is 1. The van der Waals surface area contributed by atoms with Crippen molar-refractivity contribution < 1.29 is 13.2 Å². The molecule has 0 fully saturated rings. The molecule has 0 N–H and O–H groups in total. The molecule has 2 aromatic heterocycles. The van der Waals surface area contributed by atoms with Crippen molar-refractivity contribution in [3.8, 4) is 0 Å². The molecule has 3 aromatic rings. The fourth-order valence-electron chi connectivity index (χ4n) is 2.10. The fourth-order valence-corrected chi connectivity index (χ4v) is 4.04. The van der Waals surface area contributed by atoms with E-state index in [1.165, 1.54) is 18.2 Å². The fraction of sp³-hybridized carbons (Fsp3) is 0. The summed E-state index contributed by atoms with van der Waals surface area (Å²) in [5, 5.41) is 0.614. The summed E-state index contributed by atoms with van der Waals surface area (Å²) < 4.78 is 27.3. The van der Waals surface area contributed by atoms with E-state index in [0.717, 1.165) is 7.54 Å². The third-order valence-corrected chi connectivity index (χ3v) is 5.32. The third-order valence-electron chi connectivity index (χ3n) is 2.99. The monoisotopic (exact) mass is 412 g/mol. The summed E-state index contributed by atoms with van der Waals surface area (Å²) in [7, 11) is -3.86. The Morgan fingerprint density at radius 3 is 2.52 bits per heavy atom. The Morgan fingerprint density at radius 2 is 1.86 bits per heavy atom. The molecule has 7 heteroatoms. The first-order chi connectivity index (χ1) is 10.0. The highest BCUT2D eigenvalue weighted by atomic mass is 127. The number of halogens is 1. The van der Waals surface area contributed by atoms with E-state index in [-0.39, 0.29) is 16.2 Å². The Kier molecular flexibility index (Phi) is 3.54. The predicted octanol–water partition coefficient (Wildman–Crippen LogP) is 2.69. The van der Waals surface area contributed by atoms with Crippen LogP contribution in [0.2, 0.25) is 0 Å². The summed E-state index contributed by atoms with van der Waals surface area (Å²) in [6.07, 6.45) is 2.09. The molecule has 0 bridgehead atoms. The summed E-state index contributed by atoms with van der Waals surface area (Å²) in [6.45, 7) is 0. The van der Waals surface area contributed by atoms with Crippen molar-refractivity contribution in [1.29, 1.82) is 0 Å². The van der Waals surface area contributed by atoms with Gasteiger partial charge < -0.3 is 0 Å². The summed E-state index contributed by atoms with van der Waals surface area (Å²) in [5.74, 6) is 0. The van der Waals surface area contributed by atoms with Gasteiger partial charge >= 0.3 is 0 Å². The van der Waals surface area contributed by atoms with Gasteiger partial charge in [0.1, 0.15) is 0 Å². The number of benzene rings is 1. The zero-order chi connectivity index (χ0) is 15.0. The number of fused-ring (bicyclic) bond motifs is 1. The molecule has 0 saturated heterocycles. The van der Waals surface area contributed by atoms with Crippen LogP contribution >= 0.6 is 22.6 Å². The van der Waals surface area contributed by atoms with Gasteiger partial charge in [-0.15, -0.1) is 0 Å². The van der Waals surface area contributed by atoms with E-state index in [4.69, 9.17) is 0 Å². The van der Waals surface area contributed by atoms with Gasteiger partial charge in [-0.1, -0.05) is 18.2 Å². The number of hydrogen-bond acceptors (Lipinski definition) is 4. The van der Waals surface area contributed by atoms with Crippen LogP contribution in [0, 0.1) is 3.57 Å². The van der Waals surface area contributed by atoms with Gasteiger partial charge in [-0.25, -0.2) is 17.4 Å². The molecule has 0 amide bonds. The van der Waals surface area contributed by atoms with Gasteiger partial charge in [-0.3, -0.25) is 4.79 Å². The van der Waals surface area contributed by atoms with Gasteiger partial charge in [0.15, 0.2) is 11.9 Å². The van der Waals surface area contributed by atoms with Crippen LogP contribution in [0.3, 0.4) is 0 Å². The molecule has 5 nitrogen and oxygen atoms in total. The van der Waals surface area contributed by atoms with E-state index in [0.29, 0.717) is 11.7 Å². The Hall–Kier alpha value is -1.74. The minimum absolute atomic E-state index is 0.0587. The van der Waals surface area contributed by atoms with Crippen LogP contribution in [0.1, 0.15) is 10.5 Å². The molecule has 2 heterocycles. The standard InChI is InChI=1S/C14H9IN2O3S/c15-11-6-10-7-12(9-18)17(14(10)16-8-11)21(19,20)13-4-2-1-3-5-13/h1-9H. The summed E-state index contributed by atoms with van der Waals surface area (Å²) in [6, 6.07) is 11.3. The molecule has 3 rings (SSSR count). The van der Waals surface area contributed by atoms with E-state index in [1.54, 1.807) is 30.5 Å². The molecule has 106 valence electrons. The first-order valence-electron chi connectivity index (χ1n) is 5.97. The van der Waals surface area contributed by atoms with Crippen molar-refractivity contribution in [2.45, 2.75) is 4.90 Å². The molecule has 1 aromatic carbocycles. The van der Waals surface area contributed by atoms with E-state index < -0.39 is 10.0 Å². The molecule has 0 saturated carbocycles. The van der Waals surface area contributed by atoms with E-state index >= 15 is 0 Å². The van der Waals surface area contributed by atoms with Crippen molar-refractivity contribution in [2.24, 2.45) is 0 Å². The molecule has 0 aliphatic heterocycles. The molecule has 0 aliphatic carbocycles. The smallest absolute Gasteiger partial charge is 0.270 e. The highest BCUT2D eigenvalue weighted by Crippen LogP contribution is 2.24. The maximum Gasteiger partial charge on any atom is 0.270 e. The lowest BCUT2D eigenvalue weighted by Gasteiger charge is -2.08. The Labute approximate surface area is 134 Å². The van der Waals surface area contributed by atoms with Crippen molar-refractivity contribution in [1.82, 2.24) is 8.96 Å². The topological polar surface area (TPSA) is 69.0 Å². The average Bonchev–Trinajstić information content (AvgIpc) is 2.86. The Bertz CT molecular complexity index is 934. The summed E-state index contributed by atoms with van der Waals surface area (Å²) in [4.78, 5) is 15.5. The van der Waals surface area contributed by atoms with Gasteiger partial charge in [-0.2, -0.15) is 0 Å². The molecular formula is C14H9IN2O3S. The normalized spacial score (nSPS) is 11.7. The van der Waals surface area contributed by atoms with Gasteiger partial charge in [0, 0.05) is 15.2 Å². The lowest BCUT2D eigenvalue weighted by atomic mass is 10.3. The van der Waals surface area contributed by atoms with Crippen LogP contribution in [0.4, 0.5) is 0 Å². The van der Waals surface area contributed by atoms with Crippen LogP contribution in [-0.4, -0.2) is 23.7 Å². The second-order valence-electron chi connectivity index (χ2n) is 4.34. The molecule has 0 spiro atoms. The lowest BCUT2D eigenvalue weighted by Crippen LogP contribution is -2.15. The van der Waals surface area contributed by atoms with Crippen molar-refractivity contribution in [3.05, 3.63) is 57.9 Å². The molecule has 0 aliphatic rings. The first-order valence-corrected chi connectivity index (χ1v) is 8.49. The number of carbonyl (C=O) groups excluding carboxylic acids is 1. The largest absolute Gasteiger partial charge is 0.296 e. The molecular weight excluding hydrogens is 403 g/mol. The molecule has 0 atom stereocenters. The van der Waals surface area contributed by atoms with Crippen LogP contribution in [0.15, 0.2) is 53.6 Å². The highest BCUT2D eigenvalue weighted by molar-refractivity contribution is 14.1. The maximum absolute atomic E-state index is 12.7. The number of rotatable bonds is 3. The van der Waals surface area contributed by atoms with Crippen LogP contribution in [0.5, 0.6) is 0 Å². The summed E-state index contributed by atoms with van der Waals surface area (Å²) in [5.41, 5.74) is 0.310. The number of aromatic nitrogens is 2. The zero-order valence-electron chi connectivity index (χ0n) is 10.6. The van der Waals surface area contributed by atoms with Gasteiger partial charge in [0.2, 0.25) is 0 Å². The maximum atomic E-state index is 12.7. The first kappa shape index (κ1) is 14.2. The van der Waals surface area contributed by atoms with Crippen LogP contribution in [-0.2, 0) is 10.0 Å². The molecule has 21 heavy (non-hydrogen) atoms. The minimum Gasteiger partial charge on any atom is -0.296 e. The van der Waals surface area contributed by atoms with Crippen LogP contribution < -0.4 is 0 Å². The number of carbonyl (C=O) groups is 1.